The average Bonchev–Trinajstić information content (AvgIpc) is 2.47. The maximum Gasteiger partial charge on any atom is 0.0797 e. The van der Waals surface area contributed by atoms with E-state index in [1.54, 1.807) is 11.3 Å². The SMILES string of the molecule is CCCSC(C)c1scnc1C. The second-order valence-corrected chi connectivity index (χ2v) is 5.15. The monoisotopic (exact) mass is 201 g/mol. The van der Waals surface area contributed by atoms with Gasteiger partial charge in [-0.25, -0.2) is 4.98 Å². The van der Waals surface area contributed by atoms with Crippen LogP contribution in [0.4, 0.5) is 0 Å². The molecule has 0 spiro atoms. The van der Waals surface area contributed by atoms with Crippen LogP contribution >= 0.6 is 23.1 Å². The molecule has 0 aliphatic rings. The fourth-order valence-electron chi connectivity index (χ4n) is 1.07. The summed E-state index contributed by atoms with van der Waals surface area (Å²) in [5, 5.41) is 0.623. The molecule has 1 aromatic heterocycles. The Labute approximate surface area is 82.6 Å². The zero-order chi connectivity index (χ0) is 8.97. The van der Waals surface area contributed by atoms with Crippen LogP contribution in [0.5, 0.6) is 0 Å². The lowest BCUT2D eigenvalue weighted by atomic mass is 10.3. The van der Waals surface area contributed by atoms with E-state index in [0.717, 1.165) is 0 Å². The Morgan fingerprint density at radius 2 is 2.42 bits per heavy atom. The fourth-order valence-corrected chi connectivity index (χ4v) is 3.09. The average molecular weight is 201 g/mol. The number of thiazole rings is 1. The Morgan fingerprint density at radius 3 is 2.92 bits per heavy atom. The van der Waals surface area contributed by atoms with Crippen molar-refractivity contribution in [3.05, 3.63) is 16.1 Å². The highest BCUT2D eigenvalue weighted by Crippen LogP contribution is 2.32. The van der Waals surface area contributed by atoms with Gasteiger partial charge in [0.15, 0.2) is 0 Å². The van der Waals surface area contributed by atoms with Crippen molar-refractivity contribution < 1.29 is 0 Å². The Kier molecular flexibility index (Phi) is 4.09. The summed E-state index contributed by atoms with van der Waals surface area (Å²) in [7, 11) is 0. The molecular formula is C9H15NS2. The van der Waals surface area contributed by atoms with Gasteiger partial charge in [-0.2, -0.15) is 11.8 Å². The molecule has 0 aromatic carbocycles. The van der Waals surface area contributed by atoms with Gasteiger partial charge >= 0.3 is 0 Å². The topological polar surface area (TPSA) is 12.9 Å². The molecule has 0 bridgehead atoms. The van der Waals surface area contributed by atoms with Crippen LogP contribution in [0.25, 0.3) is 0 Å². The molecule has 0 radical (unpaired) electrons. The van der Waals surface area contributed by atoms with Gasteiger partial charge in [0.2, 0.25) is 0 Å². The van der Waals surface area contributed by atoms with Crippen LogP contribution in [-0.4, -0.2) is 10.7 Å². The molecule has 0 N–H and O–H groups in total. The maximum absolute atomic E-state index is 4.25. The van der Waals surface area contributed by atoms with Gasteiger partial charge in [0.25, 0.3) is 0 Å². The van der Waals surface area contributed by atoms with Crippen molar-refractivity contribution in [2.24, 2.45) is 0 Å². The minimum atomic E-state index is 0.623. The summed E-state index contributed by atoms with van der Waals surface area (Å²) in [5.41, 5.74) is 3.14. The molecule has 3 heteroatoms. The third-order valence-electron chi connectivity index (χ3n) is 1.72. The Bertz CT molecular complexity index is 232. The van der Waals surface area contributed by atoms with Gasteiger partial charge in [0.05, 0.1) is 11.2 Å². The van der Waals surface area contributed by atoms with E-state index in [1.165, 1.54) is 22.7 Å². The summed E-state index contributed by atoms with van der Waals surface area (Å²) in [5.74, 6) is 1.25. The minimum Gasteiger partial charge on any atom is -0.250 e. The Balaban J connectivity index is 2.52. The van der Waals surface area contributed by atoms with Crippen molar-refractivity contribution in [2.75, 3.05) is 5.75 Å². The number of aryl methyl sites for hydroxylation is 1. The second-order valence-electron chi connectivity index (χ2n) is 2.82. The van der Waals surface area contributed by atoms with Crippen LogP contribution in [-0.2, 0) is 0 Å². The number of aromatic nitrogens is 1. The highest BCUT2D eigenvalue weighted by molar-refractivity contribution is 7.99. The summed E-state index contributed by atoms with van der Waals surface area (Å²) < 4.78 is 0. The minimum absolute atomic E-state index is 0.623. The van der Waals surface area contributed by atoms with E-state index in [2.05, 4.69) is 25.8 Å². The van der Waals surface area contributed by atoms with Gasteiger partial charge in [-0.05, 0) is 26.0 Å². The molecule has 12 heavy (non-hydrogen) atoms. The van der Waals surface area contributed by atoms with Crippen molar-refractivity contribution >= 4 is 23.1 Å². The van der Waals surface area contributed by atoms with E-state index in [0.29, 0.717) is 5.25 Å². The Hall–Kier alpha value is -0.0200. The second kappa shape index (κ2) is 4.87. The van der Waals surface area contributed by atoms with Crippen LogP contribution in [0.1, 0.15) is 36.1 Å². The van der Waals surface area contributed by atoms with Gasteiger partial charge in [-0.15, -0.1) is 11.3 Å². The molecular weight excluding hydrogens is 186 g/mol. The molecule has 1 nitrogen and oxygen atoms in total. The summed E-state index contributed by atoms with van der Waals surface area (Å²) in [6.45, 7) is 6.58. The van der Waals surface area contributed by atoms with Gasteiger partial charge in [-0.1, -0.05) is 6.92 Å². The van der Waals surface area contributed by atoms with Gasteiger partial charge in [0.1, 0.15) is 0 Å². The van der Waals surface area contributed by atoms with Gasteiger partial charge in [-0.3, -0.25) is 0 Å². The largest absolute Gasteiger partial charge is 0.250 e. The quantitative estimate of drug-likeness (QED) is 0.737. The third-order valence-corrected chi connectivity index (χ3v) is 4.37. The van der Waals surface area contributed by atoms with E-state index >= 15 is 0 Å². The molecule has 1 aromatic rings. The van der Waals surface area contributed by atoms with Crippen LogP contribution < -0.4 is 0 Å². The molecule has 0 saturated carbocycles. The number of thioether (sulfide) groups is 1. The molecule has 0 saturated heterocycles. The van der Waals surface area contributed by atoms with Crippen molar-refractivity contribution in [3.8, 4) is 0 Å². The molecule has 0 aliphatic carbocycles. The first-order chi connectivity index (χ1) is 5.75. The third kappa shape index (κ3) is 2.49. The summed E-state index contributed by atoms with van der Waals surface area (Å²) in [6, 6.07) is 0. The lowest BCUT2D eigenvalue weighted by Crippen LogP contribution is -1.89. The zero-order valence-corrected chi connectivity index (χ0v) is 9.47. The molecule has 0 aliphatic heterocycles. The van der Waals surface area contributed by atoms with Crippen molar-refractivity contribution in [2.45, 2.75) is 32.4 Å². The lowest BCUT2D eigenvalue weighted by molar-refractivity contribution is 1.05. The highest BCUT2D eigenvalue weighted by Gasteiger charge is 2.10. The van der Waals surface area contributed by atoms with Gasteiger partial charge in [0, 0.05) is 10.1 Å². The summed E-state index contributed by atoms with van der Waals surface area (Å²) >= 11 is 3.79. The number of hydrogen-bond donors (Lipinski definition) is 0. The number of nitrogens with zero attached hydrogens (tertiary/aromatic N) is 1. The van der Waals surface area contributed by atoms with Gasteiger partial charge < -0.3 is 0 Å². The van der Waals surface area contributed by atoms with E-state index in [9.17, 15) is 0 Å². The number of rotatable bonds is 4. The van der Waals surface area contributed by atoms with E-state index in [-0.39, 0.29) is 0 Å². The lowest BCUT2D eigenvalue weighted by Gasteiger charge is -2.08. The molecule has 1 rings (SSSR count). The molecule has 1 atom stereocenters. The summed E-state index contributed by atoms with van der Waals surface area (Å²) in [6.07, 6.45) is 1.26. The van der Waals surface area contributed by atoms with E-state index < -0.39 is 0 Å². The zero-order valence-electron chi connectivity index (χ0n) is 7.83. The maximum atomic E-state index is 4.25. The summed E-state index contributed by atoms with van der Waals surface area (Å²) in [4.78, 5) is 5.69. The number of hydrogen-bond acceptors (Lipinski definition) is 3. The van der Waals surface area contributed by atoms with Crippen molar-refractivity contribution in [3.63, 3.8) is 0 Å². The standard InChI is InChI=1S/C9H15NS2/c1-4-5-11-8(3)9-7(2)10-6-12-9/h6,8H,4-5H2,1-3H3. The highest BCUT2D eigenvalue weighted by atomic mass is 32.2. The van der Waals surface area contributed by atoms with Crippen LogP contribution in [0, 0.1) is 6.92 Å². The van der Waals surface area contributed by atoms with Crippen LogP contribution in [0.15, 0.2) is 5.51 Å². The first kappa shape index (κ1) is 10.1. The molecule has 68 valence electrons. The fraction of sp³-hybridized carbons (Fsp3) is 0.667. The first-order valence-corrected chi connectivity index (χ1v) is 6.20. The Morgan fingerprint density at radius 1 is 1.67 bits per heavy atom. The smallest absolute Gasteiger partial charge is 0.0797 e. The molecule has 1 unspecified atom stereocenters. The van der Waals surface area contributed by atoms with E-state index in [1.807, 2.05) is 17.3 Å². The van der Waals surface area contributed by atoms with E-state index in [4.69, 9.17) is 0 Å². The van der Waals surface area contributed by atoms with Crippen LogP contribution in [0.2, 0.25) is 0 Å². The first-order valence-electron chi connectivity index (χ1n) is 4.27. The predicted molar refractivity (Wildman–Crippen MR) is 58.0 cm³/mol. The van der Waals surface area contributed by atoms with Crippen molar-refractivity contribution in [1.82, 2.24) is 4.98 Å². The normalized spacial score (nSPS) is 13.2. The molecule has 0 fully saturated rings. The predicted octanol–water partition coefficient (Wildman–Crippen LogP) is 3.66. The molecule has 1 heterocycles. The van der Waals surface area contributed by atoms with Crippen molar-refractivity contribution in [1.29, 1.82) is 0 Å². The van der Waals surface area contributed by atoms with Crippen LogP contribution in [0.3, 0.4) is 0 Å². The molecule has 0 amide bonds.